The summed E-state index contributed by atoms with van der Waals surface area (Å²) >= 11 is 0. The summed E-state index contributed by atoms with van der Waals surface area (Å²) in [4.78, 5) is 21.4. The molecule has 6 rings (SSSR count). The van der Waals surface area contributed by atoms with Gasteiger partial charge in [-0.25, -0.2) is 0 Å². The first-order valence-corrected chi connectivity index (χ1v) is 13.2. The third kappa shape index (κ3) is 5.49. The molecule has 41 heavy (non-hydrogen) atoms. The molecule has 4 heterocycles. The van der Waals surface area contributed by atoms with Crippen LogP contribution < -0.4 is 20.7 Å². The largest absolute Gasteiger partial charge is 0.480 e. The number of fused-ring (bicyclic) bond motifs is 1. The number of piperidine rings is 1. The van der Waals surface area contributed by atoms with Crippen molar-refractivity contribution in [1.82, 2.24) is 25.5 Å². The van der Waals surface area contributed by atoms with Crippen LogP contribution >= 0.6 is 0 Å². The molecule has 0 aliphatic carbocycles. The first-order valence-electron chi connectivity index (χ1n) is 13.2. The van der Waals surface area contributed by atoms with Crippen molar-refractivity contribution in [3.63, 3.8) is 0 Å². The molecule has 1 spiro atoms. The number of alkyl halides is 3. The van der Waals surface area contributed by atoms with Crippen LogP contribution in [-0.4, -0.2) is 63.1 Å². The number of ether oxygens (including phenoxy) is 1. The van der Waals surface area contributed by atoms with Crippen LogP contribution in [0, 0.1) is 5.41 Å². The van der Waals surface area contributed by atoms with Gasteiger partial charge in [0.05, 0.1) is 11.7 Å². The number of nitrogens with one attached hydrogen (secondary N) is 2. The van der Waals surface area contributed by atoms with E-state index in [0.29, 0.717) is 31.9 Å². The summed E-state index contributed by atoms with van der Waals surface area (Å²) in [5, 5.41) is 20.2. The van der Waals surface area contributed by atoms with Crippen LogP contribution in [-0.2, 0) is 4.79 Å². The van der Waals surface area contributed by atoms with E-state index in [4.69, 9.17) is 10.5 Å². The highest BCUT2D eigenvalue weighted by molar-refractivity contribution is 5.84. The monoisotopic (exact) mass is 567 g/mol. The van der Waals surface area contributed by atoms with Crippen molar-refractivity contribution in [3.05, 3.63) is 60.3 Å². The second-order valence-electron chi connectivity index (χ2n) is 10.7. The van der Waals surface area contributed by atoms with E-state index in [-0.39, 0.29) is 22.8 Å². The Balaban J connectivity index is 1.19. The lowest BCUT2D eigenvalue weighted by Crippen LogP contribution is -2.41. The minimum atomic E-state index is -4.72. The van der Waals surface area contributed by atoms with Crippen LogP contribution in [0.2, 0.25) is 0 Å². The van der Waals surface area contributed by atoms with Gasteiger partial charge in [0.1, 0.15) is 11.9 Å². The molecule has 214 valence electrons. The number of aliphatic carboxylic acids is 1. The van der Waals surface area contributed by atoms with Crippen molar-refractivity contribution in [2.45, 2.75) is 37.6 Å². The molecule has 2 fully saturated rings. The zero-order valence-corrected chi connectivity index (χ0v) is 21.9. The van der Waals surface area contributed by atoms with Gasteiger partial charge in [-0.05, 0) is 47.9 Å². The number of nitrogen functional groups attached to an aromatic ring is 1. The number of halogens is 3. The molecule has 0 amide bonds. The van der Waals surface area contributed by atoms with Gasteiger partial charge in [0.2, 0.25) is 17.9 Å². The Morgan fingerprint density at radius 1 is 1.10 bits per heavy atom. The molecule has 2 atom stereocenters. The summed E-state index contributed by atoms with van der Waals surface area (Å²) in [6.07, 6.45) is -3.32. The minimum absolute atomic E-state index is 0.0778. The Hall–Kier alpha value is -4.39. The zero-order valence-electron chi connectivity index (χ0n) is 21.9. The lowest BCUT2D eigenvalue weighted by atomic mass is 9.76. The number of aromatic amines is 1. The lowest BCUT2D eigenvalue weighted by Gasteiger charge is -2.39. The summed E-state index contributed by atoms with van der Waals surface area (Å²) < 4.78 is 48.0. The maximum Gasteiger partial charge on any atom is 0.429 e. The molecule has 2 aromatic carbocycles. The number of anilines is 2. The molecule has 10 nitrogen and oxygen atoms in total. The Morgan fingerprint density at radius 2 is 1.83 bits per heavy atom. The number of carboxylic acids is 1. The van der Waals surface area contributed by atoms with Crippen molar-refractivity contribution >= 4 is 28.6 Å². The van der Waals surface area contributed by atoms with Gasteiger partial charge in [0.15, 0.2) is 0 Å². The van der Waals surface area contributed by atoms with Gasteiger partial charge >= 0.3 is 12.1 Å². The molecule has 1 unspecified atom stereocenters. The van der Waals surface area contributed by atoms with Gasteiger partial charge in [-0.3, -0.25) is 9.89 Å². The summed E-state index contributed by atoms with van der Waals surface area (Å²) in [7, 11) is 0. The Kier molecular flexibility index (Phi) is 6.68. The van der Waals surface area contributed by atoms with Crippen molar-refractivity contribution in [3.8, 4) is 17.0 Å². The Morgan fingerprint density at radius 3 is 2.51 bits per heavy atom. The highest BCUT2D eigenvalue weighted by atomic mass is 19.4. The molecule has 13 heteroatoms. The maximum absolute atomic E-state index is 14.2. The molecular formula is C28H28F3N7O3. The standard InChI is InChI=1S/C28H28F3N7O3/c29-28(30,31)24(17-3-1-16(2-4-17)18-5-6-20-19(11-18)14-34-37-20)41-23-12-22(35-26(32)36-23)38-9-7-27(8-10-38)13-21(25(39)40)33-15-27/h1-6,11-12,14,21,24,33H,7-10,13,15H2,(H,34,37)(H,39,40)(H2,32,35,36)/t21-,24?/m0/s1. The van der Waals surface area contributed by atoms with Gasteiger partial charge in [-0.1, -0.05) is 30.3 Å². The van der Waals surface area contributed by atoms with Crippen molar-refractivity contribution in [1.29, 1.82) is 0 Å². The smallest absolute Gasteiger partial charge is 0.429 e. The fourth-order valence-electron chi connectivity index (χ4n) is 5.75. The average Bonchev–Trinajstić information content (AvgIpc) is 3.58. The Bertz CT molecular complexity index is 1570. The normalized spacial score (nSPS) is 19.5. The molecule has 4 aromatic rings. The second kappa shape index (κ2) is 10.2. The number of aromatic nitrogens is 4. The van der Waals surface area contributed by atoms with Crippen LogP contribution in [0.1, 0.15) is 30.9 Å². The van der Waals surface area contributed by atoms with Crippen LogP contribution in [0.25, 0.3) is 22.0 Å². The summed E-state index contributed by atoms with van der Waals surface area (Å²) in [6.45, 7) is 1.72. The van der Waals surface area contributed by atoms with Gasteiger partial charge in [0.25, 0.3) is 0 Å². The predicted octanol–water partition coefficient (Wildman–Crippen LogP) is 4.32. The number of nitrogens with two attached hydrogens (primary N) is 1. The zero-order chi connectivity index (χ0) is 28.8. The van der Waals surface area contributed by atoms with E-state index in [0.717, 1.165) is 34.9 Å². The Labute approximate surface area is 232 Å². The third-order valence-corrected chi connectivity index (χ3v) is 8.04. The number of benzene rings is 2. The summed E-state index contributed by atoms with van der Waals surface area (Å²) in [5.41, 5.74) is 8.14. The molecule has 2 aromatic heterocycles. The predicted molar refractivity (Wildman–Crippen MR) is 145 cm³/mol. The van der Waals surface area contributed by atoms with Crippen molar-refractivity contribution in [2.75, 3.05) is 30.3 Å². The van der Waals surface area contributed by atoms with E-state index in [1.165, 1.54) is 18.2 Å². The molecule has 0 bridgehead atoms. The minimum Gasteiger partial charge on any atom is -0.480 e. The number of nitrogens with zero attached hydrogens (tertiary/aromatic N) is 4. The molecule has 0 saturated carbocycles. The number of carboxylic acid groups (broad SMARTS) is 1. The SMILES string of the molecule is Nc1nc(OC(c2ccc(-c3ccc4[nH]ncc4c3)cc2)C(F)(F)F)cc(N2CCC3(CC2)CN[C@H](C(=O)O)C3)n1. The fourth-order valence-corrected chi connectivity index (χ4v) is 5.75. The van der Waals surface area contributed by atoms with E-state index in [9.17, 15) is 23.1 Å². The van der Waals surface area contributed by atoms with E-state index >= 15 is 0 Å². The van der Waals surface area contributed by atoms with Crippen LogP contribution in [0.4, 0.5) is 24.9 Å². The van der Waals surface area contributed by atoms with E-state index in [2.05, 4.69) is 25.5 Å². The first kappa shape index (κ1) is 26.8. The summed E-state index contributed by atoms with van der Waals surface area (Å²) in [5.74, 6) is -0.969. The van der Waals surface area contributed by atoms with Gasteiger partial charge in [-0.15, -0.1) is 0 Å². The van der Waals surface area contributed by atoms with Crippen LogP contribution in [0.3, 0.4) is 0 Å². The van der Waals surface area contributed by atoms with E-state index in [1.54, 1.807) is 18.3 Å². The molecule has 0 radical (unpaired) electrons. The number of hydrogen-bond acceptors (Lipinski definition) is 8. The highest BCUT2D eigenvalue weighted by Crippen LogP contribution is 2.41. The topological polar surface area (TPSA) is 142 Å². The maximum atomic E-state index is 14.2. The van der Waals surface area contributed by atoms with Gasteiger partial charge < -0.3 is 25.8 Å². The molecule has 2 aliphatic rings. The fraction of sp³-hybridized carbons (Fsp3) is 0.357. The van der Waals surface area contributed by atoms with E-state index < -0.39 is 24.3 Å². The van der Waals surface area contributed by atoms with Gasteiger partial charge in [-0.2, -0.15) is 28.2 Å². The number of rotatable bonds is 6. The molecule has 2 saturated heterocycles. The number of carbonyl (C=O) groups is 1. The van der Waals surface area contributed by atoms with Crippen molar-refractivity contribution < 1.29 is 27.8 Å². The highest BCUT2D eigenvalue weighted by Gasteiger charge is 2.45. The average molecular weight is 568 g/mol. The van der Waals surface area contributed by atoms with E-state index in [1.807, 2.05) is 23.1 Å². The number of H-pyrrole nitrogens is 1. The lowest BCUT2D eigenvalue weighted by molar-refractivity contribution is -0.198. The summed E-state index contributed by atoms with van der Waals surface area (Å²) in [6, 6.07) is 12.5. The third-order valence-electron chi connectivity index (χ3n) is 8.04. The van der Waals surface area contributed by atoms with Crippen LogP contribution in [0.15, 0.2) is 54.7 Å². The first-order chi connectivity index (χ1) is 19.6. The second-order valence-corrected chi connectivity index (χ2v) is 10.7. The molecule has 5 N–H and O–H groups in total. The molecular weight excluding hydrogens is 539 g/mol. The van der Waals surface area contributed by atoms with Crippen molar-refractivity contribution in [2.24, 2.45) is 5.41 Å². The quantitative estimate of drug-likeness (QED) is 0.268. The van der Waals surface area contributed by atoms with Crippen LogP contribution in [0.5, 0.6) is 5.88 Å². The van der Waals surface area contributed by atoms with Gasteiger partial charge in [0, 0.05) is 36.7 Å². The number of hydrogen-bond donors (Lipinski definition) is 4. The molecule has 2 aliphatic heterocycles.